The van der Waals surface area contributed by atoms with Gasteiger partial charge in [0.1, 0.15) is 6.04 Å². The van der Waals surface area contributed by atoms with E-state index in [1.165, 1.54) is 11.3 Å². The number of para-hydroxylation sites is 1. The van der Waals surface area contributed by atoms with Crippen molar-refractivity contribution in [1.29, 1.82) is 0 Å². The standard InChI is InChI=1S/C22H22N4O3S/c23-14-8-9-18-13(11-14)12-19(30-18)22(29)25-16-6-2-1-5-15(16)20(27)26-17-7-3-4-10-24-21(17)28/h1-2,5-6,8-9,11-12,17H,3-4,7,10,23H2,(H,24,28)(H,25,29)(H,26,27). The van der Waals surface area contributed by atoms with Crippen molar-refractivity contribution < 1.29 is 14.4 Å². The second-order valence-electron chi connectivity index (χ2n) is 7.22. The number of hydrogen-bond acceptors (Lipinski definition) is 5. The molecule has 1 aliphatic rings. The highest BCUT2D eigenvalue weighted by molar-refractivity contribution is 7.20. The molecule has 2 heterocycles. The summed E-state index contributed by atoms with van der Waals surface area (Å²) in [6.45, 7) is 0.624. The van der Waals surface area contributed by atoms with E-state index in [1.54, 1.807) is 36.4 Å². The molecule has 3 aromatic rings. The summed E-state index contributed by atoms with van der Waals surface area (Å²) < 4.78 is 0.958. The smallest absolute Gasteiger partial charge is 0.265 e. The molecule has 8 heteroatoms. The maximum absolute atomic E-state index is 12.8. The van der Waals surface area contributed by atoms with Crippen molar-refractivity contribution in [2.45, 2.75) is 25.3 Å². The summed E-state index contributed by atoms with van der Waals surface area (Å²) in [7, 11) is 0. The zero-order valence-electron chi connectivity index (χ0n) is 16.2. The minimum Gasteiger partial charge on any atom is -0.399 e. The number of amides is 3. The first-order valence-electron chi connectivity index (χ1n) is 9.79. The third-order valence-electron chi connectivity index (χ3n) is 5.02. The van der Waals surface area contributed by atoms with Crippen LogP contribution in [0, 0.1) is 0 Å². The molecule has 7 nitrogen and oxygen atoms in total. The molecule has 2 aromatic carbocycles. The molecule has 1 saturated heterocycles. The van der Waals surface area contributed by atoms with Crippen LogP contribution in [0.5, 0.6) is 0 Å². The maximum Gasteiger partial charge on any atom is 0.265 e. The van der Waals surface area contributed by atoms with Gasteiger partial charge >= 0.3 is 0 Å². The quantitative estimate of drug-likeness (QED) is 0.484. The van der Waals surface area contributed by atoms with Crippen molar-refractivity contribution >= 4 is 50.5 Å². The van der Waals surface area contributed by atoms with E-state index in [2.05, 4.69) is 16.0 Å². The number of carbonyl (C=O) groups excluding carboxylic acids is 3. The molecule has 5 N–H and O–H groups in total. The van der Waals surface area contributed by atoms with Crippen LogP contribution in [-0.4, -0.2) is 30.3 Å². The van der Waals surface area contributed by atoms with Crippen LogP contribution >= 0.6 is 11.3 Å². The van der Waals surface area contributed by atoms with Crippen LogP contribution in [0.4, 0.5) is 11.4 Å². The van der Waals surface area contributed by atoms with E-state index in [0.717, 1.165) is 22.9 Å². The van der Waals surface area contributed by atoms with Crippen LogP contribution in [-0.2, 0) is 4.79 Å². The summed E-state index contributed by atoms with van der Waals surface area (Å²) in [5.74, 6) is -0.869. The van der Waals surface area contributed by atoms with Crippen molar-refractivity contribution in [3.8, 4) is 0 Å². The summed E-state index contributed by atoms with van der Waals surface area (Å²) in [6, 6.07) is 13.5. The van der Waals surface area contributed by atoms with Crippen LogP contribution in [0.3, 0.4) is 0 Å². The predicted molar refractivity (Wildman–Crippen MR) is 119 cm³/mol. The molecule has 0 saturated carbocycles. The number of thiophene rings is 1. The zero-order chi connectivity index (χ0) is 21.1. The molecular weight excluding hydrogens is 400 g/mol. The predicted octanol–water partition coefficient (Wildman–Crippen LogP) is 3.13. The second-order valence-corrected chi connectivity index (χ2v) is 8.30. The molecular formula is C22H22N4O3S. The van der Waals surface area contributed by atoms with Crippen molar-refractivity contribution in [2.24, 2.45) is 0 Å². The Kier molecular flexibility index (Phi) is 5.67. The Labute approximate surface area is 177 Å². The van der Waals surface area contributed by atoms with Crippen molar-refractivity contribution in [1.82, 2.24) is 10.6 Å². The fourth-order valence-corrected chi connectivity index (χ4v) is 4.40. The molecule has 0 aliphatic carbocycles. The minimum atomic E-state index is -0.572. The lowest BCUT2D eigenvalue weighted by molar-refractivity contribution is -0.122. The molecule has 3 amide bonds. The average Bonchev–Trinajstić information content (AvgIpc) is 3.05. The Morgan fingerprint density at radius 3 is 2.77 bits per heavy atom. The first kappa shape index (κ1) is 19.9. The number of nitrogens with two attached hydrogens (primary N) is 1. The summed E-state index contributed by atoms with van der Waals surface area (Å²) in [6.07, 6.45) is 2.35. The van der Waals surface area contributed by atoms with Gasteiger partial charge in [-0.25, -0.2) is 0 Å². The van der Waals surface area contributed by atoms with Gasteiger partial charge in [-0.15, -0.1) is 11.3 Å². The van der Waals surface area contributed by atoms with Crippen LogP contribution in [0.1, 0.15) is 39.3 Å². The Balaban J connectivity index is 1.52. The maximum atomic E-state index is 12.8. The van der Waals surface area contributed by atoms with E-state index < -0.39 is 11.9 Å². The van der Waals surface area contributed by atoms with Gasteiger partial charge < -0.3 is 21.7 Å². The number of fused-ring (bicyclic) bond motifs is 1. The normalized spacial score (nSPS) is 16.5. The van der Waals surface area contributed by atoms with Gasteiger partial charge in [0.15, 0.2) is 0 Å². The summed E-state index contributed by atoms with van der Waals surface area (Å²) >= 11 is 1.36. The largest absolute Gasteiger partial charge is 0.399 e. The monoisotopic (exact) mass is 422 g/mol. The van der Waals surface area contributed by atoms with Gasteiger partial charge in [0, 0.05) is 16.9 Å². The number of nitrogen functional groups attached to an aromatic ring is 1. The molecule has 0 bridgehead atoms. The third kappa shape index (κ3) is 4.28. The summed E-state index contributed by atoms with van der Waals surface area (Å²) in [4.78, 5) is 38.3. The van der Waals surface area contributed by atoms with E-state index in [4.69, 9.17) is 5.73 Å². The Bertz CT molecular complexity index is 1120. The number of rotatable bonds is 4. The third-order valence-corrected chi connectivity index (χ3v) is 6.14. The van der Waals surface area contributed by atoms with Crippen molar-refractivity contribution in [2.75, 3.05) is 17.6 Å². The summed E-state index contributed by atoms with van der Waals surface area (Å²) in [5, 5.41) is 9.32. The van der Waals surface area contributed by atoms with Crippen LogP contribution in [0.25, 0.3) is 10.1 Å². The van der Waals surface area contributed by atoms with Crippen LogP contribution in [0.15, 0.2) is 48.5 Å². The molecule has 4 rings (SSSR count). The second kappa shape index (κ2) is 8.54. The van der Waals surface area contributed by atoms with Crippen LogP contribution in [0.2, 0.25) is 0 Å². The van der Waals surface area contributed by atoms with Gasteiger partial charge in [-0.1, -0.05) is 12.1 Å². The molecule has 0 spiro atoms. The van der Waals surface area contributed by atoms with E-state index in [0.29, 0.717) is 34.8 Å². The lowest BCUT2D eigenvalue weighted by Crippen LogP contribution is -2.45. The molecule has 1 unspecified atom stereocenters. The van der Waals surface area contributed by atoms with E-state index in [9.17, 15) is 14.4 Å². The highest BCUT2D eigenvalue weighted by atomic mass is 32.1. The Morgan fingerprint density at radius 2 is 1.90 bits per heavy atom. The van der Waals surface area contributed by atoms with E-state index >= 15 is 0 Å². The SMILES string of the molecule is Nc1ccc2sc(C(=O)Nc3ccccc3C(=O)NC3CCCCNC3=O)cc2c1. The van der Waals surface area contributed by atoms with E-state index in [1.807, 2.05) is 12.1 Å². The fraction of sp³-hybridized carbons (Fsp3) is 0.227. The van der Waals surface area contributed by atoms with Crippen LogP contribution < -0.4 is 21.7 Å². The number of carbonyl (C=O) groups is 3. The molecule has 1 atom stereocenters. The number of anilines is 2. The lowest BCUT2D eigenvalue weighted by atomic mass is 10.1. The molecule has 154 valence electrons. The van der Waals surface area contributed by atoms with Gasteiger partial charge in [0.2, 0.25) is 5.91 Å². The summed E-state index contributed by atoms with van der Waals surface area (Å²) in [5.41, 5.74) is 7.16. The number of nitrogens with one attached hydrogen (secondary N) is 3. The van der Waals surface area contributed by atoms with Crippen molar-refractivity contribution in [3.63, 3.8) is 0 Å². The first-order chi connectivity index (χ1) is 14.5. The van der Waals surface area contributed by atoms with Crippen molar-refractivity contribution in [3.05, 3.63) is 59.0 Å². The molecule has 0 radical (unpaired) electrons. The van der Waals surface area contributed by atoms with Gasteiger partial charge in [-0.2, -0.15) is 0 Å². The molecule has 1 fully saturated rings. The highest BCUT2D eigenvalue weighted by Gasteiger charge is 2.24. The topological polar surface area (TPSA) is 113 Å². The Hall–Kier alpha value is -3.39. The van der Waals surface area contributed by atoms with Gasteiger partial charge in [-0.05, 0) is 61.0 Å². The zero-order valence-corrected chi connectivity index (χ0v) is 17.1. The van der Waals surface area contributed by atoms with Gasteiger partial charge in [-0.3, -0.25) is 14.4 Å². The van der Waals surface area contributed by atoms with Gasteiger partial charge in [0.05, 0.1) is 16.1 Å². The average molecular weight is 423 g/mol. The number of benzene rings is 2. The van der Waals surface area contributed by atoms with E-state index in [-0.39, 0.29) is 11.8 Å². The lowest BCUT2D eigenvalue weighted by Gasteiger charge is -2.17. The Morgan fingerprint density at radius 1 is 1.07 bits per heavy atom. The first-order valence-corrected chi connectivity index (χ1v) is 10.6. The molecule has 1 aliphatic heterocycles. The molecule has 30 heavy (non-hydrogen) atoms. The minimum absolute atomic E-state index is 0.174. The number of hydrogen-bond donors (Lipinski definition) is 4. The highest BCUT2D eigenvalue weighted by Crippen LogP contribution is 2.28. The molecule has 1 aromatic heterocycles. The fourth-order valence-electron chi connectivity index (χ4n) is 3.46. The van der Waals surface area contributed by atoms with Gasteiger partial charge in [0.25, 0.3) is 11.8 Å².